The molecule has 3 rings (SSSR count). The quantitative estimate of drug-likeness (QED) is 0.687. The molecule has 1 saturated heterocycles. The van der Waals surface area contributed by atoms with E-state index in [1.807, 2.05) is 35.8 Å². The Morgan fingerprint density at radius 3 is 2.61 bits per heavy atom. The van der Waals surface area contributed by atoms with E-state index in [0.717, 1.165) is 10.9 Å². The summed E-state index contributed by atoms with van der Waals surface area (Å²) in [6.45, 7) is 6.40. The number of likely N-dealkylation sites (N-methyl/N-ethyl adjacent to an activating group) is 1. The van der Waals surface area contributed by atoms with Gasteiger partial charge in [-0.25, -0.2) is 13.2 Å². The molecular formula is C20H26N2O5S. The second-order valence-corrected chi connectivity index (χ2v) is 9.30. The van der Waals surface area contributed by atoms with Crippen molar-refractivity contribution in [2.24, 2.45) is 0 Å². The van der Waals surface area contributed by atoms with Gasteiger partial charge in [0, 0.05) is 36.2 Å². The molecule has 1 aromatic heterocycles. The lowest BCUT2D eigenvalue weighted by atomic mass is 10.1. The van der Waals surface area contributed by atoms with Crippen molar-refractivity contribution in [1.82, 2.24) is 9.47 Å². The van der Waals surface area contributed by atoms with Crippen molar-refractivity contribution in [1.29, 1.82) is 0 Å². The summed E-state index contributed by atoms with van der Waals surface area (Å²) >= 11 is 0. The molecule has 1 aromatic carbocycles. The van der Waals surface area contributed by atoms with Crippen LogP contribution >= 0.6 is 0 Å². The number of benzene rings is 1. The Labute approximate surface area is 165 Å². The Kier molecular flexibility index (Phi) is 5.79. The number of rotatable bonds is 6. The summed E-state index contributed by atoms with van der Waals surface area (Å²) in [6, 6.07) is 7.19. The number of carbonyl (C=O) groups is 2. The van der Waals surface area contributed by atoms with Crippen LogP contribution in [0.5, 0.6) is 0 Å². The maximum atomic E-state index is 12.8. The Balaban J connectivity index is 1.76. The van der Waals surface area contributed by atoms with Gasteiger partial charge in [-0.2, -0.15) is 0 Å². The van der Waals surface area contributed by atoms with Gasteiger partial charge >= 0.3 is 5.97 Å². The number of aryl methyl sites for hydroxylation is 1. The predicted octanol–water partition coefficient (Wildman–Crippen LogP) is 2.24. The zero-order valence-electron chi connectivity index (χ0n) is 16.4. The van der Waals surface area contributed by atoms with Gasteiger partial charge in [0.1, 0.15) is 0 Å². The van der Waals surface area contributed by atoms with Crippen molar-refractivity contribution in [2.45, 2.75) is 45.9 Å². The molecule has 0 saturated carbocycles. The normalized spacial score (nSPS) is 19.5. The molecule has 1 aliphatic heterocycles. The van der Waals surface area contributed by atoms with Crippen LogP contribution in [-0.4, -0.2) is 60.0 Å². The topological polar surface area (TPSA) is 85.7 Å². The molecule has 0 radical (unpaired) electrons. The molecule has 2 aromatic rings. The van der Waals surface area contributed by atoms with E-state index in [0.29, 0.717) is 25.1 Å². The number of hydrogen-bond acceptors (Lipinski definition) is 5. The number of amides is 1. The first-order chi connectivity index (χ1) is 13.3. The van der Waals surface area contributed by atoms with Crippen LogP contribution in [0.1, 0.15) is 37.6 Å². The summed E-state index contributed by atoms with van der Waals surface area (Å²) in [5.74, 6) is -0.861. The summed E-state index contributed by atoms with van der Waals surface area (Å²) in [5, 5.41) is 0.781. The summed E-state index contributed by atoms with van der Waals surface area (Å²) in [6.07, 6.45) is 1.18. The van der Waals surface area contributed by atoms with Crippen molar-refractivity contribution in [3.8, 4) is 0 Å². The summed E-state index contributed by atoms with van der Waals surface area (Å²) < 4.78 is 30.9. The fraction of sp³-hybridized carbons (Fsp3) is 0.500. The maximum Gasteiger partial charge on any atom is 0.341 e. The summed E-state index contributed by atoms with van der Waals surface area (Å²) in [5.41, 5.74) is 1.35. The highest BCUT2D eigenvalue weighted by Gasteiger charge is 2.36. The molecule has 2 atom stereocenters. The second-order valence-electron chi connectivity index (χ2n) is 7.07. The largest absolute Gasteiger partial charge is 0.449 e. The molecule has 28 heavy (non-hydrogen) atoms. The van der Waals surface area contributed by atoms with E-state index in [2.05, 4.69) is 0 Å². The molecule has 2 heterocycles. The van der Waals surface area contributed by atoms with Crippen molar-refractivity contribution in [3.63, 3.8) is 0 Å². The first-order valence-corrected chi connectivity index (χ1v) is 11.4. The highest BCUT2D eigenvalue weighted by atomic mass is 32.2. The minimum absolute atomic E-state index is 0.0305. The molecule has 0 bridgehead atoms. The molecule has 1 amide bonds. The molecule has 7 nitrogen and oxygen atoms in total. The van der Waals surface area contributed by atoms with Gasteiger partial charge in [0.05, 0.1) is 17.1 Å². The van der Waals surface area contributed by atoms with Crippen LogP contribution in [0.3, 0.4) is 0 Å². The van der Waals surface area contributed by atoms with E-state index in [1.165, 1.54) is 11.8 Å². The number of para-hydroxylation sites is 1. The van der Waals surface area contributed by atoms with Gasteiger partial charge in [0.2, 0.25) is 0 Å². The number of carbonyl (C=O) groups excluding carboxylic acids is 2. The first kappa shape index (κ1) is 20.4. The van der Waals surface area contributed by atoms with Crippen LogP contribution in [0.4, 0.5) is 0 Å². The average Bonchev–Trinajstić information content (AvgIpc) is 3.22. The van der Waals surface area contributed by atoms with Crippen LogP contribution in [0.15, 0.2) is 30.5 Å². The standard InChI is InChI=1S/C20H26N2O5S/c1-4-21-12-17(16-8-6-7-9-18(16)21)20(24)27-14(3)19(23)22(5-2)15-10-11-28(25,26)13-15/h6-9,12,14-15H,4-5,10-11,13H2,1-3H3. The van der Waals surface area contributed by atoms with Gasteiger partial charge in [0.25, 0.3) is 5.91 Å². The number of nitrogens with zero attached hydrogens (tertiary/aromatic N) is 2. The Morgan fingerprint density at radius 1 is 1.29 bits per heavy atom. The average molecular weight is 407 g/mol. The minimum Gasteiger partial charge on any atom is -0.449 e. The smallest absolute Gasteiger partial charge is 0.341 e. The molecule has 0 spiro atoms. The van der Waals surface area contributed by atoms with Crippen LogP contribution in [0, 0.1) is 0 Å². The number of sulfone groups is 1. The van der Waals surface area contributed by atoms with Crippen LogP contribution in [-0.2, 0) is 25.9 Å². The molecule has 8 heteroatoms. The zero-order valence-corrected chi connectivity index (χ0v) is 17.2. The molecule has 1 fully saturated rings. The van der Waals surface area contributed by atoms with Crippen molar-refractivity contribution < 1.29 is 22.7 Å². The van der Waals surface area contributed by atoms with Gasteiger partial charge < -0.3 is 14.2 Å². The fourth-order valence-corrected chi connectivity index (χ4v) is 5.52. The van der Waals surface area contributed by atoms with Crippen LogP contribution in [0.25, 0.3) is 10.9 Å². The molecule has 0 N–H and O–H groups in total. The maximum absolute atomic E-state index is 12.8. The van der Waals surface area contributed by atoms with E-state index in [-0.39, 0.29) is 23.5 Å². The van der Waals surface area contributed by atoms with E-state index < -0.39 is 21.9 Å². The molecule has 152 valence electrons. The Bertz CT molecular complexity index is 995. The van der Waals surface area contributed by atoms with Gasteiger partial charge in [-0.15, -0.1) is 0 Å². The summed E-state index contributed by atoms with van der Waals surface area (Å²) in [4.78, 5) is 27.1. The van der Waals surface area contributed by atoms with E-state index >= 15 is 0 Å². The summed E-state index contributed by atoms with van der Waals surface area (Å²) in [7, 11) is -3.10. The van der Waals surface area contributed by atoms with Crippen molar-refractivity contribution in [2.75, 3.05) is 18.1 Å². The van der Waals surface area contributed by atoms with E-state index in [9.17, 15) is 18.0 Å². The van der Waals surface area contributed by atoms with Gasteiger partial charge in [-0.3, -0.25) is 4.79 Å². The minimum atomic E-state index is -3.10. The SMILES string of the molecule is CCN(C(=O)C(C)OC(=O)c1cn(CC)c2ccccc12)C1CCS(=O)(=O)C1. The Morgan fingerprint density at radius 2 is 2.00 bits per heavy atom. The number of ether oxygens (including phenoxy) is 1. The van der Waals surface area contributed by atoms with Gasteiger partial charge in [-0.1, -0.05) is 18.2 Å². The lowest BCUT2D eigenvalue weighted by Gasteiger charge is -2.29. The molecule has 0 aliphatic carbocycles. The van der Waals surface area contributed by atoms with E-state index in [1.54, 1.807) is 13.1 Å². The third-order valence-electron chi connectivity index (χ3n) is 5.25. The van der Waals surface area contributed by atoms with E-state index in [4.69, 9.17) is 4.74 Å². The molecule has 1 aliphatic rings. The zero-order chi connectivity index (χ0) is 20.5. The molecule has 2 unspecified atom stereocenters. The highest BCUT2D eigenvalue weighted by Crippen LogP contribution is 2.23. The molecular weight excluding hydrogens is 380 g/mol. The van der Waals surface area contributed by atoms with Gasteiger partial charge in [0.15, 0.2) is 15.9 Å². The number of fused-ring (bicyclic) bond motifs is 1. The highest BCUT2D eigenvalue weighted by molar-refractivity contribution is 7.91. The van der Waals surface area contributed by atoms with Crippen molar-refractivity contribution >= 4 is 32.6 Å². The number of aromatic nitrogens is 1. The number of hydrogen-bond donors (Lipinski definition) is 0. The fourth-order valence-electron chi connectivity index (χ4n) is 3.79. The second kappa shape index (κ2) is 7.95. The lowest BCUT2D eigenvalue weighted by molar-refractivity contribution is -0.141. The first-order valence-electron chi connectivity index (χ1n) is 9.57. The number of esters is 1. The van der Waals surface area contributed by atoms with Crippen LogP contribution < -0.4 is 0 Å². The Hall–Kier alpha value is -2.35. The van der Waals surface area contributed by atoms with Crippen LogP contribution in [0.2, 0.25) is 0 Å². The van der Waals surface area contributed by atoms with Crippen molar-refractivity contribution in [3.05, 3.63) is 36.0 Å². The van der Waals surface area contributed by atoms with Gasteiger partial charge in [-0.05, 0) is 33.3 Å². The predicted molar refractivity (Wildman–Crippen MR) is 107 cm³/mol. The lowest BCUT2D eigenvalue weighted by Crippen LogP contribution is -2.46. The third-order valence-corrected chi connectivity index (χ3v) is 7.00. The monoisotopic (exact) mass is 406 g/mol. The third kappa shape index (κ3) is 3.92.